The van der Waals surface area contributed by atoms with Gasteiger partial charge in [0.05, 0.1) is 5.69 Å². The van der Waals surface area contributed by atoms with Gasteiger partial charge in [0, 0.05) is 14.9 Å². The van der Waals surface area contributed by atoms with E-state index in [2.05, 4.69) is 36.4 Å². The fourth-order valence-corrected chi connectivity index (χ4v) is 2.34. The predicted molar refractivity (Wildman–Crippen MR) is 86.9 cm³/mol. The highest BCUT2D eigenvalue weighted by atomic mass is 79.9. The molecule has 0 atom stereocenters. The molecule has 0 saturated carbocycles. The van der Waals surface area contributed by atoms with Crippen LogP contribution in [0.2, 0.25) is 5.02 Å². The van der Waals surface area contributed by atoms with E-state index in [9.17, 15) is 4.79 Å². The topological polar surface area (TPSA) is 70.7 Å². The predicted octanol–water partition coefficient (Wildman–Crippen LogP) is 4.08. The van der Waals surface area contributed by atoms with Gasteiger partial charge in [-0.3, -0.25) is 9.89 Å². The Hall–Kier alpha value is -1.40. The number of hydrogen-bond donors (Lipinski definition) is 2. The van der Waals surface area contributed by atoms with Crippen LogP contribution in [-0.2, 0) is 5.41 Å². The highest BCUT2D eigenvalue weighted by Gasteiger charge is 2.21. The van der Waals surface area contributed by atoms with Crippen molar-refractivity contribution in [2.45, 2.75) is 33.1 Å². The van der Waals surface area contributed by atoms with Gasteiger partial charge in [0.25, 0.3) is 5.91 Å². The molecule has 1 heterocycles. The van der Waals surface area contributed by atoms with Crippen molar-refractivity contribution in [3.8, 4) is 0 Å². The third kappa shape index (κ3) is 3.63. The SMILES string of the molecule is Cc1cc(Br)c(NC(=O)c2n[nH]c(C(C)(C)C)n2)cc1Cl. The van der Waals surface area contributed by atoms with E-state index in [0.29, 0.717) is 16.5 Å². The zero-order valence-corrected chi connectivity index (χ0v) is 14.6. The van der Waals surface area contributed by atoms with Crippen molar-refractivity contribution in [1.82, 2.24) is 15.2 Å². The van der Waals surface area contributed by atoms with Gasteiger partial charge in [-0.2, -0.15) is 0 Å². The van der Waals surface area contributed by atoms with E-state index >= 15 is 0 Å². The molecule has 0 aliphatic carbocycles. The summed E-state index contributed by atoms with van der Waals surface area (Å²) in [5, 5.41) is 10.1. The molecule has 2 rings (SSSR count). The van der Waals surface area contributed by atoms with E-state index in [1.807, 2.05) is 33.8 Å². The minimum atomic E-state index is -0.387. The maximum absolute atomic E-state index is 12.2. The van der Waals surface area contributed by atoms with E-state index in [-0.39, 0.29) is 17.1 Å². The molecule has 7 heteroatoms. The Morgan fingerprint density at radius 1 is 1.38 bits per heavy atom. The first-order valence-corrected chi connectivity index (χ1v) is 7.55. The lowest BCUT2D eigenvalue weighted by Crippen LogP contribution is -2.16. The Morgan fingerprint density at radius 2 is 2.05 bits per heavy atom. The molecule has 0 fully saturated rings. The number of amides is 1. The fourth-order valence-electron chi connectivity index (χ4n) is 1.62. The first-order valence-electron chi connectivity index (χ1n) is 6.38. The standard InChI is InChI=1S/C14H16BrClN4O/c1-7-5-8(15)10(6-9(7)16)17-12(21)11-18-13(20-19-11)14(2,3)4/h5-6H,1-4H3,(H,17,21)(H,18,19,20). The number of benzene rings is 1. The number of aryl methyl sites for hydroxylation is 1. The average molecular weight is 372 g/mol. The third-order valence-corrected chi connectivity index (χ3v) is 3.96. The molecule has 1 aromatic carbocycles. The lowest BCUT2D eigenvalue weighted by atomic mass is 9.96. The van der Waals surface area contributed by atoms with Crippen molar-refractivity contribution < 1.29 is 4.79 Å². The number of anilines is 1. The van der Waals surface area contributed by atoms with Gasteiger partial charge in [-0.25, -0.2) is 4.98 Å². The fraction of sp³-hybridized carbons (Fsp3) is 0.357. The first kappa shape index (κ1) is 16.0. The van der Waals surface area contributed by atoms with Crippen molar-refractivity contribution in [2.24, 2.45) is 0 Å². The molecule has 0 bridgehead atoms. The molecule has 21 heavy (non-hydrogen) atoms. The third-order valence-electron chi connectivity index (χ3n) is 2.90. The number of H-pyrrole nitrogens is 1. The van der Waals surface area contributed by atoms with Gasteiger partial charge < -0.3 is 5.32 Å². The summed E-state index contributed by atoms with van der Waals surface area (Å²) in [7, 11) is 0. The van der Waals surface area contributed by atoms with Crippen LogP contribution in [0.4, 0.5) is 5.69 Å². The van der Waals surface area contributed by atoms with E-state index in [4.69, 9.17) is 11.6 Å². The van der Waals surface area contributed by atoms with Gasteiger partial charge in [0.15, 0.2) is 0 Å². The number of nitrogens with one attached hydrogen (secondary N) is 2. The van der Waals surface area contributed by atoms with Crippen LogP contribution < -0.4 is 5.32 Å². The van der Waals surface area contributed by atoms with Gasteiger partial charge >= 0.3 is 0 Å². The second-order valence-electron chi connectivity index (χ2n) is 5.79. The summed E-state index contributed by atoms with van der Waals surface area (Å²) in [4.78, 5) is 16.4. The van der Waals surface area contributed by atoms with Gasteiger partial charge in [-0.1, -0.05) is 32.4 Å². The van der Waals surface area contributed by atoms with Crippen molar-refractivity contribution >= 4 is 39.1 Å². The molecule has 5 nitrogen and oxygen atoms in total. The van der Waals surface area contributed by atoms with Crippen LogP contribution in [-0.4, -0.2) is 21.1 Å². The second kappa shape index (κ2) is 5.77. The Kier molecular flexibility index (Phi) is 4.39. The zero-order chi connectivity index (χ0) is 15.8. The summed E-state index contributed by atoms with van der Waals surface area (Å²) in [6.07, 6.45) is 0. The highest BCUT2D eigenvalue weighted by Crippen LogP contribution is 2.29. The summed E-state index contributed by atoms with van der Waals surface area (Å²) >= 11 is 9.47. The minimum absolute atomic E-state index is 0.100. The van der Waals surface area contributed by atoms with E-state index in [1.165, 1.54) is 0 Å². The molecular formula is C14H16BrClN4O. The van der Waals surface area contributed by atoms with Crippen LogP contribution in [0.5, 0.6) is 0 Å². The van der Waals surface area contributed by atoms with Crippen LogP contribution >= 0.6 is 27.5 Å². The maximum atomic E-state index is 12.2. The number of rotatable bonds is 2. The molecule has 112 valence electrons. The first-order chi connectivity index (χ1) is 9.68. The van der Waals surface area contributed by atoms with Crippen LogP contribution in [0.15, 0.2) is 16.6 Å². The molecule has 1 amide bonds. The van der Waals surface area contributed by atoms with Crippen LogP contribution in [0.3, 0.4) is 0 Å². The Bertz CT molecular complexity index is 691. The van der Waals surface area contributed by atoms with Gasteiger partial charge in [0.2, 0.25) is 5.82 Å². The zero-order valence-electron chi connectivity index (χ0n) is 12.2. The molecule has 0 spiro atoms. The number of aromatic amines is 1. The minimum Gasteiger partial charge on any atom is -0.318 e. The Balaban J connectivity index is 2.22. The number of nitrogens with zero attached hydrogens (tertiary/aromatic N) is 2. The second-order valence-corrected chi connectivity index (χ2v) is 7.05. The molecule has 0 aliphatic rings. The molecule has 0 radical (unpaired) electrons. The summed E-state index contributed by atoms with van der Waals surface area (Å²) in [5.74, 6) is 0.375. The molecule has 2 N–H and O–H groups in total. The number of carbonyl (C=O) groups excluding carboxylic acids is 1. The molecule has 0 saturated heterocycles. The quantitative estimate of drug-likeness (QED) is 0.835. The average Bonchev–Trinajstić information content (AvgIpc) is 2.85. The van der Waals surface area contributed by atoms with Crippen molar-refractivity contribution in [3.63, 3.8) is 0 Å². The van der Waals surface area contributed by atoms with Gasteiger partial charge in [-0.05, 0) is 40.5 Å². The lowest BCUT2D eigenvalue weighted by Gasteiger charge is -2.12. The molecule has 1 aromatic heterocycles. The van der Waals surface area contributed by atoms with Crippen molar-refractivity contribution in [2.75, 3.05) is 5.32 Å². The number of hydrogen-bond acceptors (Lipinski definition) is 3. The molecule has 0 aliphatic heterocycles. The molecule has 2 aromatic rings. The van der Waals surface area contributed by atoms with Crippen LogP contribution in [0, 0.1) is 6.92 Å². The summed E-state index contributed by atoms with van der Waals surface area (Å²) in [6.45, 7) is 7.87. The van der Waals surface area contributed by atoms with E-state index < -0.39 is 0 Å². The summed E-state index contributed by atoms with van der Waals surface area (Å²) < 4.78 is 0.754. The summed E-state index contributed by atoms with van der Waals surface area (Å²) in [5.41, 5.74) is 1.31. The van der Waals surface area contributed by atoms with Gasteiger partial charge in [0.1, 0.15) is 5.82 Å². The van der Waals surface area contributed by atoms with E-state index in [1.54, 1.807) is 6.07 Å². The molecule has 0 unspecified atom stereocenters. The van der Waals surface area contributed by atoms with E-state index in [0.717, 1.165) is 10.0 Å². The maximum Gasteiger partial charge on any atom is 0.295 e. The lowest BCUT2D eigenvalue weighted by molar-refractivity contribution is 0.101. The Labute approximate surface area is 136 Å². The number of halogens is 2. The van der Waals surface area contributed by atoms with Crippen molar-refractivity contribution in [1.29, 1.82) is 0 Å². The Morgan fingerprint density at radius 3 is 2.62 bits per heavy atom. The highest BCUT2D eigenvalue weighted by molar-refractivity contribution is 9.10. The van der Waals surface area contributed by atoms with Crippen LogP contribution in [0.1, 0.15) is 42.8 Å². The smallest absolute Gasteiger partial charge is 0.295 e. The van der Waals surface area contributed by atoms with Crippen molar-refractivity contribution in [3.05, 3.63) is 38.8 Å². The number of aromatic nitrogens is 3. The summed E-state index contributed by atoms with van der Waals surface area (Å²) in [6, 6.07) is 3.53. The van der Waals surface area contributed by atoms with Gasteiger partial charge in [-0.15, -0.1) is 5.10 Å². The van der Waals surface area contributed by atoms with Crippen LogP contribution in [0.25, 0.3) is 0 Å². The number of carbonyl (C=O) groups is 1. The molecular weight excluding hydrogens is 356 g/mol. The normalized spacial score (nSPS) is 11.5. The monoisotopic (exact) mass is 370 g/mol. The largest absolute Gasteiger partial charge is 0.318 e.